The molecule has 2 N–H and O–H groups in total. The second-order valence-electron chi connectivity index (χ2n) is 3.07. The molecule has 0 amide bonds. The van der Waals surface area contributed by atoms with Gasteiger partial charge in [-0.1, -0.05) is 17.7 Å². The van der Waals surface area contributed by atoms with Crippen LogP contribution < -0.4 is 5.73 Å². The maximum Gasteiger partial charge on any atom is 0.247 e. The fraction of sp³-hybridized carbons (Fsp3) is 0.200. The highest BCUT2D eigenvalue weighted by Gasteiger charge is 2.06. The Balaban J connectivity index is 0.00000112. The topological polar surface area (TPSA) is 64.9 Å². The molecule has 15 heavy (non-hydrogen) atoms. The Bertz CT molecular complexity index is 442. The van der Waals surface area contributed by atoms with E-state index in [1.807, 2.05) is 31.2 Å². The first kappa shape index (κ1) is 11.7. The van der Waals surface area contributed by atoms with Gasteiger partial charge in [0.05, 0.1) is 6.54 Å². The molecular formula is C10H12ClN3O. The average Bonchev–Trinajstić information content (AvgIpc) is 2.66. The van der Waals surface area contributed by atoms with Crippen molar-refractivity contribution in [2.75, 3.05) is 0 Å². The van der Waals surface area contributed by atoms with Crippen LogP contribution >= 0.6 is 12.4 Å². The van der Waals surface area contributed by atoms with Crippen LogP contribution in [0.1, 0.15) is 11.5 Å². The second kappa shape index (κ2) is 4.91. The monoisotopic (exact) mass is 225 g/mol. The van der Waals surface area contributed by atoms with Gasteiger partial charge >= 0.3 is 0 Å². The molecule has 1 aromatic carbocycles. The van der Waals surface area contributed by atoms with Gasteiger partial charge in [-0.2, -0.15) is 0 Å². The Morgan fingerprint density at radius 3 is 2.73 bits per heavy atom. The molecule has 0 aliphatic heterocycles. The lowest BCUT2D eigenvalue weighted by Gasteiger charge is -1.95. The molecule has 80 valence electrons. The van der Waals surface area contributed by atoms with Gasteiger partial charge in [0.1, 0.15) is 0 Å². The van der Waals surface area contributed by atoms with E-state index >= 15 is 0 Å². The molecule has 0 saturated carbocycles. The van der Waals surface area contributed by atoms with Crippen LogP contribution in [-0.4, -0.2) is 10.2 Å². The molecule has 0 fully saturated rings. The molecule has 4 nitrogen and oxygen atoms in total. The first-order valence-electron chi connectivity index (χ1n) is 4.39. The zero-order chi connectivity index (χ0) is 9.97. The van der Waals surface area contributed by atoms with Crippen molar-refractivity contribution in [1.82, 2.24) is 10.2 Å². The highest BCUT2D eigenvalue weighted by Crippen LogP contribution is 2.18. The Morgan fingerprint density at radius 2 is 2.13 bits per heavy atom. The fourth-order valence-corrected chi connectivity index (χ4v) is 1.23. The molecule has 0 radical (unpaired) electrons. The number of hydrogen-bond donors (Lipinski definition) is 1. The Kier molecular flexibility index (Phi) is 3.82. The maximum atomic E-state index is 5.37. The van der Waals surface area contributed by atoms with Crippen LogP contribution in [0.15, 0.2) is 28.7 Å². The van der Waals surface area contributed by atoms with Gasteiger partial charge in [0, 0.05) is 5.56 Å². The molecule has 0 aliphatic rings. The maximum absolute atomic E-state index is 5.37. The third-order valence-corrected chi connectivity index (χ3v) is 1.91. The van der Waals surface area contributed by atoms with E-state index in [2.05, 4.69) is 10.2 Å². The molecule has 2 aromatic rings. The molecular weight excluding hydrogens is 214 g/mol. The quantitative estimate of drug-likeness (QED) is 0.848. The standard InChI is InChI=1S/C10H11N3O.ClH/c1-7-3-2-4-8(5-7)10-13-12-9(6-11)14-10;/h2-5H,6,11H2,1H3;1H. The lowest BCUT2D eigenvalue weighted by Crippen LogP contribution is -1.95. The summed E-state index contributed by atoms with van der Waals surface area (Å²) in [5.74, 6) is 0.982. The molecule has 1 aromatic heterocycles. The summed E-state index contributed by atoms with van der Waals surface area (Å²) < 4.78 is 5.33. The van der Waals surface area contributed by atoms with Gasteiger partial charge in [0.2, 0.25) is 11.8 Å². The molecule has 0 aliphatic carbocycles. The van der Waals surface area contributed by atoms with Crippen LogP contribution in [0.4, 0.5) is 0 Å². The number of hydrogen-bond acceptors (Lipinski definition) is 4. The largest absolute Gasteiger partial charge is 0.419 e. The third kappa shape index (κ3) is 2.55. The summed E-state index contributed by atoms with van der Waals surface area (Å²) in [6, 6.07) is 7.90. The number of nitrogens with zero attached hydrogens (tertiary/aromatic N) is 2. The van der Waals surface area contributed by atoms with Crippen LogP contribution in [0.3, 0.4) is 0 Å². The van der Waals surface area contributed by atoms with Crippen molar-refractivity contribution in [3.63, 3.8) is 0 Å². The minimum atomic E-state index is 0. The molecule has 0 saturated heterocycles. The van der Waals surface area contributed by atoms with E-state index in [1.165, 1.54) is 0 Å². The minimum Gasteiger partial charge on any atom is -0.419 e. The van der Waals surface area contributed by atoms with E-state index in [1.54, 1.807) is 0 Å². The SMILES string of the molecule is Cc1cccc(-c2nnc(CN)o2)c1.Cl. The normalized spacial score (nSPS) is 9.73. The summed E-state index contributed by atoms with van der Waals surface area (Å²) >= 11 is 0. The van der Waals surface area contributed by atoms with Crippen LogP contribution in [0, 0.1) is 6.92 Å². The number of halogens is 1. The van der Waals surface area contributed by atoms with E-state index in [0.29, 0.717) is 11.8 Å². The zero-order valence-electron chi connectivity index (χ0n) is 8.30. The van der Waals surface area contributed by atoms with Crippen LogP contribution in [0.5, 0.6) is 0 Å². The van der Waals surface area contributed by atoms with E-state index < -0.39 is 0 Å². The van der Waals surface area contributed by atoms with Gasteiger partial charge in [-0.25, -0.2) is 0 Å². The van der Waals surface area contributed by atoms with Crippen LogP contribution in [0.2, 0.25) is 0 Å². The molecule has 1 heterocycles. The number of benzene rings is 1. The first-order valence-corrected chi connectivity index (χ1v) is 4.39. The fourth-order valence-electron chi connectivity index (χ4n) is 1.23. The summed E-state index contributed by atoms with van der Waals surface area (Å²) in [4.78, 5) is 0. The summed E-state index contributed by atoms with van der Waals surface area (Å²) in [6.07, 6.45) is 0. The van der Waals surface area contributed by atoms with Crippen molar-refractivity contribution in [1.29, 1.82) is 0 Å². The summed E-state index contributed by atoms with van der Waals surface area (Å²) in [6.45, 7) is 2.29. The average molecular weight is 226 g/mol. The first-order chi connectivity index (χ1) is 6.79. The highest BCUT2D eigenvalue weighted by atomic mass is 35.5. The van der Waals surface area contributed by atoms with E-state index in [4.69, 9.17) is 10.2 Å². The summed E-state index contributed by atoms with van der Waals surface area (Å²) in [7, 11) is 0. The van der Waals surface area contributed by atoms with E-state index in [9.17, 15) is 0 Å². The molecule has 0 bridgehead atoms. The van der Waals surface area contributed by atoms with Gasteiger partial charge < -0.3 is 10.2 Å². The number of aryl methyl sites for hydroxylation is 1. The van der Waals surface area contributed by atoms with Crippen LogP contribution in [0.25, 0.3) is 11.5 Å². The number of nitrogens with two attached hydrogens (primary N) is 1. The highest BCUT2D eigenvalue weighted by molar-refractivity contribution is 5.85. The van der Waals surface area contributed by atoms with Gasteiger partial charge in [-0.15, -0.1) is 22.6 Å². The minimum absolute atomic E-state index is 0. The van der Waals surface area contributed by atoms with Crippen molar-refractivity contribution in [2.45, 2.75) is 13.5 Å². The third-order valence-electron chi connectivity index (χ3n) is 1.91. The Labute approximate surface area is 93.9 Å². The van der Waals surface area contributed by atoms with Crippen molar-refractivity contribution in [3.8, 4) is 11.5 Å². The van der Waals surface area contributed by atoms with Gasteiger partial charge in [-0.3, -0.25) is 0 Å². The smallest absolute Gasteiger partial charge is 0.247 e. The van der Waals surface area contributed by atoms with Gasteiger partial charge in [0.15, 0.2) is 0 Å². The summed E-state index contributed by atoms with van der Waals surface area (Å²) in [5, 5.41) is 7.70. The molecule has 0 unspecified atom stereocenters. The number of rotatable bonds is 2. The number of aromatic nitrogens is 2. The Morgan fingerprint density at radius 1 is 1.33 bits per heavy atom. The van der Waals surface area contributed by atoms with Crippen LogP contribution in [-0.2, 0) is 6.54 Å². The predicted molar refractivity (Wildman–Crippen MR) is 59.6 cm³/mol. The van der Waals surface area contributed by atoms with E-state index in [-0.39, 0.29) is 19.0 Å². The molecule has 0 atom stereocenters. The van der Waals surface area contributed by atoms with E-state index in [0.717, 1.165) is 11.1 Å². The van der Waals surface area contributed by atoms with Crippen molar-refractivity contribution in [3.05, 3.63) is 35.7 Å². The Hall–Kier alpha value is -1.39. The van der Waals surface area contributed by atoms with Crippen molar-refractivity contribution in [2.24, 2.45) is 5.73 Å². The van der Waals surface area contributed by atoms with Gasteiger partial charge in [0.25, 0.3) is 0 Å². The lowest BCUT2D eigenvalue weighted by atomic mass is 10.1. The lowest BCUT2D eigenvalue weighted by molar-refractivity contribution is 0.508. The summed E-state index contributed by atoms with van der Waals surface area (Å²) in [5.41, 5.74) is 7.46. The molecule has 5 heteroatoms. The zero-order valence-corrected chi connectivity index (χ0v) is 9.12. The second-order valence-corrected chi connectivity index (χ2v) is 3.07. The van der Waals surface area contributed by atoms with Gasteiger partial charge in [-0.05, 0) is 19.1 Å². The predicted octanol–water partition coefficient (Wildman–Crippen LogP) is 1.93. The van der Waals surface area contributed by atoms with Crippen molar-refractivity contribution < 1.29 is 4.42 Å². The van der Waals surface area contributed by atoms with Crippen molar-refractivity contribution >= 4 is 12.4 Å². The molecule has 0 spiro atoms. The molecule has 2 rings (SSSR count).